The van der Waals surface area contributed by atoms with Crippen LogP contribution in [0.15, 0.2) is 88.9 Å². The second-order valence-electron chi connectivity index (χ2n) is 12.3. The molecule has 0 saturated carbocycles. The summed E-state index contributed by atoms with van der Waals surface area (Å²) in [5.41, 5.74) is 5.71. The third kappa shape index (κ3) is 12.9. The van der Waals surface area contributed by atoms with Gasteiger partial charge < -0.3 is 4.90 Å². The van der Waals surface area contributed by atoms with Crippen LogP contribution in [-0.2, 0) is 33.6 Å². The van der Waals surface area contributed by atoms with Gasteiger partial charge in [-0.25, -0.2) is 14.4 Å². The van der Waals surface area contributed by atoms with E-state index in [-0.39, 0.29) is 24.2 Å². The Bertz CT molecular complexity index is 1580. The van der Waals surface area contributed by atoms with Crippen LogP contribution in [0.1, 0.15) is 83.4 Å². The molecule has 270 valence electrons. The van der Waals surface area contributed by atoms with Crippen LogP contribution in [0.25, 0.3) is 11.1 Å². The van der Waals surface area contributed by atoms with Crippen molar-refractivity contribution in [2.24, 2.45) is 4.99 Å². The Morgan fingerprint density at radius 1 is 0.820 bits per heavy atom. The smallest absolute Gasteiger partial charge is 0.302 e. The van der Waals surface area contributed by atoms with Crippen molar-refractivity contribution >= 4 is 17.5 Å². The van der Waals surface area contributed by atoms with Gasteiger partial charge in [0.05, 0.1) is 12.1 Å². The zero-order valence-corrected chi connectivity index (χ0v) is 29.8. The highest BCUT2D eigenvalue weighted by Gasteiger charge is 2.30. The topological polar surface area (TPSA) is 62.2 Å². The van der Waals surface area contributed by atoms with E-state index in [1.165, 1.54) is 34.9 Å². The first-order valence-electron chi connectivity index (χ1n) is 17.3. The van der Waals surface area contributed by atoms with Gasteiger partial charge in [0.25, 0.3) is 5.91 Å². The number of aliphatic imine (C=N–C) groups is 1. The first-order valence-corrected chi connectivity index (χ1v) is 17.3. The van der Waals surface area contributed by atoms with Gasteiger partial charge >= 0.3 is 6.18 Å². The van der Waals surface area contributed by atoms with E-state index in [1.54, 1.807) is 19.1 Å². The van der Waals surface area contributed by atoms with Crippen LogP contribution in [0, 0.1) is 5.82 Å². The van der Waals surface area contributed by atoms with Gasteiger partial charge in [-0.2, -0.15) is 13.2 Å². The zero-order chi connectivity index (χ0) is 36.7. The number of benzene rings is 3. The zero-order valence-electron chi connectivity index (χ0n) is 29.8. The molecule has 6 nitrogen and oxygen atoms in total. The molecule has 50 heavy (non-hydrogen) atoms. The van der Waals surface area contributed by atoms with Crippen molar-refractivity contribution in [2.75, 3.05) is 26.2 Å². The fraction of sp³-hybridized carbons (Fsp3) is 0.425. The number of hydrogen-bond donors (Lipinski definition) is 0. The number of allylic oxidation sites excluding steroid dienone is 1. The minimum absolute atomic E-state index is 0.0662. The molecule has 4 rings (SSSR count). The maximum absolute atomic E-state index is 12.8. The van der Waals surface area contributed by atoms with Crippen molar-refractivity contribution in [3.8, 4) is 11.1 Å². The number of carbonyl (C=O) groups is 2. The fourth-order valence-corrected chi connectivity index (χ4v) is 5.46. The molecule has 0 radical (unpaired) electrons. The first-order chi connectivity index (χ1) is 23.8. The van der Waals surface area contributed by atoms with E-state index in [4.69, 9.17) is 4.84 Å². The van der Waals surface area contributed by atoms with Crippen LogP contribution >= 0.6 is 0 Å². The molecule has 10 heteroatoms. The van der Waals surface area contributed by atoms with Crippen LogP contribution < -0.4 is 0 Å². The maximum Gasteiger partial charge on any atom is 0.416 e. The summed E-state index contributed by atoms with van der Waals surface area (Å²) >= 11 is 0. The summed E-state index contributed by atoms with van der Waals surface area (Å²) < 4.78 is 50.9. The molecule has 3 aromatic carbocycles. The van der Waals surface area contributed by atoms with Crippen LogP contribution in [0.2, 0.25) is 0 Å². The highest BCUT2D eigenvalue weighted by molar-refractivity contribution is 6.03. The van der Waals surface area contributed by atoms with E-state index in [9.17, 15) is 27.2 Å². The fourth-order valence-electron chi connectivity index (χ4n) is 5.46. The number of hydroxylamine groups is 2. The SMILES string of the molecule is CC(CCc1ccc(F)cc1)=NC(=O)C1=C(C)CCC1.CCC(=O)N(CCN(CC)CC)OCc1ccc(-c2ccc(C(F)(F)F)cc2)cc1. The standard InChI is InChI=1S/C23H29F3N2O2.C17H20FNO/c1-4-22(29)28(16-15-27(5-2)6-3)30-17-18-7-9-19(10-8-18)20-11-13-21(14-12-20)23(24,25)26;1-12-4-3-5-16(12)17(20)19-13(2)6-7-14-8-10-15(18)11-9-14/h7-14H,4-6,15-17H2,1-3H3;8-11H,3-7H2,1-2H3. The molecular weight excluding hydrogens is 646 g/mol. The molecule has 1 aliphatic rings. The third-order valence-electron chi connectivity index (χ3n) is 8.71. The van der Waals surface area contributed by atoms with Gasteiger partial charge in [-0.05, 0) is 106 Å². The number of nitrogens with zero attached hydrogens (tertiary/aromatic N) is 3. The van der Waals surface area contributed by atoms with Gasteiger partial charge in [-0.3, -0.25) is 14.4 Å². The van der Waals surface area contributed by atoms with Crippen molar-refractivity contribution in [3.63, 3.8) is 0 Å². The number of hydrogen-bond acceptors (Lipinski definition) is 4. The average molecular weight is 696 g/mol. The predicted octanol–water partition coefficient (Wildman–Crippen LogP) is 9.63. The summed E-state index contributed by atoms with van der Waals surface area (Å²) in [6.45, 7) is 13.2. The van der Waals surface area contributed by atoms with E-state index in [0.717, 1.165) is 91.8 Å². The van der Waals surface area contributed by atoms with Gasteiger partial charge in [0.15, 0.2) is 0 Å². The number of amides is 2. The molecule has 0 heterocycles. The number of carbonyl (C=O) groups excluding carboxylic acids is 2. The Morgan fingerprint density at radius 2 is 1.40 bits per heavy atom. The molecule has 3 aromatic rings. The highest BCUT2D eigenvalue weighted by Crippen LogP contribution is 2.31. The minimum atomic E-state index is -4.34. The van der Waals surface area contributed by atoms with Crippen molar-refractivity contribution in [1.82, 2.24) is 9.96 Å². The van der Waals surface area contributed by atoms with E-state index < -0.39 is 11.7 Å². The molecule has 0 aliphatic heterocycles. The quantitative estimate of drug-likeness (QED) is 0.0958. The molecule has 0 N–H and O–H groups in total. The predicted molar refractivity (Wildman–Crippen MR) is 191 cm³/mol. The van der Waals surface area contributed by atoms with Gasteiger partial charge in [-0.1, -0.05) is 74.9 Å². The van der Waals surface area contributed by atoms with Gasteiger partial charge in [0, 0.05) is 24.3 Å². The van der Waals surface area contributed by atoms with E-state index >= 15 is 0 Å². The molecular formula is C40H49F4N3O3. The molecule has 0 aromatic heterocycles. The van der Waals surface area contributed by atoms with E-state index in [2.05, 4.69) is 23.7 Å². The molecule has 1 aliphatic carbocycles. The monoisotopic (exact) mass is 695 g/mol. The third-order valence-corrected chi connectivity index (χ3v) is 8.71. The van der Waals surface area contributed by atoms with Crippen molar-refractivity contribution in [3.05, 3.63) is 106 Å². The lowest BCUT2D eigenvalue weighted by atomic mass is 10.0. The van der Waals surface area contributed by atoms with Crippen molar-refractivity contribution in [1.29, 1.82) is 0 Å². The van der Waals surface area contributed by atoms with Gasteiger partial charge in [-0.15, -0.1) is 0 Å². The van der Waals surface area contributed by atoms with Gasteiger partial charge in [0.2, 0.25) is 5.91 Å². The Labute approximate surface area is 293 Å². The lowest BCUT2D eigenvalue weighted by Crippen LogP contribution is -2.38. The molecule has 0 bridgehead atoms. The molecule has 0 saturated heterocycles. The number of likely N-dealkylation sites (N-methyl/N-ethyl adjacent to an activating group) is 1. The second-order valence-corrected chi connectivity index (χ2v) is 12.3. The number of halogens is 4. The summed E-state index contributed by atoms with van der Waals surface area (Å²) in [5.74, 6) is -0.363. The van der Waals surface area contributed by atoms with E-state index in [0.29, 0.717) is 18.5 Å². The summed E-state index contributed by atoms with van der Waals surface area (Å²) in [6, 6.07) is 18.9. The lowest BCUT2D eigenvalue weighted by Gasteiger charge is -2.25. The largest absolute Gasteiger partial charge is 0.416 e. The van der Waals surface area contributed by atoms with Crippen molar-refractivity contribution in [2.45, 2.75) is 85.9 Å². The Kier molecular flexibility index (Phi) is 16.0. The van der Waals surface area contributed by atoms with Crippen LogP contribution in [-0.4, -0.2) is 53.7 Å². The van der Waals surface area contributed by atoms with Crippen molar-refractivity contribution < 1.29 is 32.0 Å². The average Bonchev–Trinajstić information content (AvgIpc) is 3.55. The number of aryl methyl sites for hydroxylation is 1. The summed E-state index contributed by atoms with van der Waals surface area (Å²) in [7, 11) is 0. The normalized spacial score (nSPS) is 13.4. The number of rotatable bonds is 14. The summed E-state index contributed by atoms with van der Waals surface area (Å²) in [4.78, 5) is 36.3. The molecule has 0 fully saturated rings. The lowest BCUT2D eigenvalue weighted by molar-refractivity contribution is -0.192. The highest BCUT2D eigenvalue weighted by atomic mass is 19.4. The summed E-state index contributed by atoms with van der Waals surface area (Å²) in [5, 5.41) is 1.42. The van der Waals surface area contributed by atoms with Crippen LogP contribution in [0.4, 0.5) is 17.6 Å². The second kappa shape index (κ2) is 19.9. The molecule has 0 atom stereocenters. The van der Waals surface area contributed by atoms with Crippen LogP contribution in [0.5, 0.6) is 0 Å². The molecule has 0 spiro atoms. The molecule has 2 amide bonds. The minimum Gasteiger partial charge on any atom is -0.302 e. The Hall–Kier alpha value is -4.15. The number of alkyl halides is 3. The van der Waals surface area contributed by atoms with Crippen LogP contribution in [0.3, 0.4) is 0 Å². The van der Waals surface area contributed by atoms with E-state index in [1.807, 2.05) is 38.1 Å². The van der Waals surface area contributed by atoms with Gasteiger partial charge in [0.1, 0.15) is 12.4 Å². The maximum atomic E-state index is 12.8. The summed E-state index contributed by atoms with van der Waals surface area (Å²) in [6.07, 6.45) is 0.476. The Morgan fingerprint density at radius 3 is 1.92 bits per heavy atom. The molecule has 0 unspecified atom stereocenters. The Balaban J connectivity index is 0.000000292. The first kappa shape index (κ1) is 40.3.